The van der Waals surface area contributed by atoms with E-state index < -0.39 is 4.92 Å². The number of hydrogen-bond donors (Lipinski definition) is 2. The number of nitro benzene ring substituents is 1. The van der Waals surface area contributed by atoms with Crippen LogP contribution in [0.1, 0.15) is 12.5 Å². The second kappa shape index (κ2) is 9.92. The highest BCUT2D eigenvalue weighted by atomic mass is 35.5. The molecule has 0 aromatic heterocycles. The molecule has 0 spiro atoms. The molecule has 32 heavy (non-hydrogen) atoms. The quantitative estimate of drug-likeness (QED) is 0.293. The summed E-state index contributed by atoms with van der Waals surface area (Å²) in [6, 6.07) is 7.76. The Morgan fingerprint density at radius 1 is 1.06 bits per heavy atom. The number of benzene rings is 2. The van der Waals surface area contributed by atoms with E-state index in [2.05, 4.69) is 0 Å². The third-order valence-corrected chi connectivity index (χ3v) is 6.54. The van der Waals surface area contributed by atoms with Crippen LogP contribution in [0.2, 0.25) is 5.02 Å². The lowest BCUT2D eigenvalue weighted by molar-refractivity contribution is -0.387. The number of carbonyl (C=O) groups is 2. The molecule has 1 fully saturated rings. The molecule has 2 aromatic rings. The zero-order chi connectivity index (χ0) is 23.4. The molecule has 11 heteroatoms. The average Bonchev–Trinajstić information content (AvgIpc) is 2.76. The predicted octanol–water partition coefficient (Wildman–Crippen LogP) is 3.27. The number of nitro groups is 1. The summed E-state index contributed by atoms with van der Waals surface area (Å²) in [7, 11) is 0. The highest BCUT2D eigenvalue weighted by Gasteiger charge is 2.21. The fourth-order valence-corrected chi connectivity index (χ4v) is 4.40. The summed E-state index contributed by atoms with van der Waals surface area (Å²) in [5.74, 6) is -0.223. The molecule has 4 N–H and O–H groups in total. The maximum absolute atomic E-state index is 12.4. The van der Waals surface area contributed by atoms with Gasteiger partial charge in [-0.25, -0.2) is 0 Å². The van der Waals surface area contributed by atoms with Gasteiger partial charge in [-0.15, -0.1) is 0 Å². The number of nitrogen functional groups attached to an aromatic ring is 2. The van der Waals surface area contributed by atoms with Gasteiger partial charge in [-0.1, -0.05) is 29.4 Å². The second-order valence-electron chi connectivity index (χ2n) is 7.16. The summed E-state index contributed by atoms with van der Waals surface area (Å²) in [4.78, 5) is 39.2. The molecule has 168 valence electrons. The lowest BCUT2D eigenvalue weighted by Crippen LogP contribution is -2.49. The van der Waals surface area contributed by atoms with Crippen molar-refractivity contribution in [2.24, 2.45) is 0 Å². The number of anilines is 2. The van der Waals surface area contributed by atoms with Crippen LogP contribution in [0.5, 0.6) is 0 Å². The van der Waals surface area contributed by atoms with Crippen LogP contribution in [0.25, 0.3) is 6.08 Å². The van der Waals surface area contributed by atoms with Crippen molar-refractivity contribution in [3.8, 4) is 0 Å². The van der Waals surface area contributed by atoms with Crippen LogP contribution >= 0.6 is 23.4 Å². The van der Waals surface area contributed by atoms with E-state index in [9.17, 15) is 19.7 Å². The minimum absolute atomic E-state index is 0.0131. The fourth-order valence-electron chi connectivity index (χ4n) is 3.16. The molecule has 1 heterocycles. The molecule has 1 aliphatic rings. The van der Waals surface area contributed by atoms with Crippen LogP contribution in [0, 0.1) is 10.1 Å². The number of rotatable bonds is 5. The molecular formula is C21H22ClN5O4S. The van der Waals surface area contributed by atoms with Gasteiger partial charge >= 0.3 is 0 Å². The van der Waals surface area contributed by atoms with Crippen molar-refractivity contribution < 1.29 is 14.5 Å². The zero-order valence-electron chi connectivity index (χ0n) is 17.3. The summed E-state index contributed by atoms with van der Waals surface area (Å²) in [6.45, 7) is 3.38. The normalized spacial score (nSPS) is 14.1. The van der Waals surface area contributed by atoms with Crippen LogP contribution in [0.3, 0.4) is 0 Å². The number of nitrogens with zero attached hydrogens (tertiary/aromatic N) is 3. The van der Waals surface area contributed by atoms with Crippen LogP contribution in [-0.4, -0.2) is 52.7 Å². The lowest BCUT2D eigenvalue weighted by atomic mass is 10.2. The van der Waals surface area contributed by atoms with E-state index in [4.69, 9.17) is 23.1 Å². The fraction of sp³-hybridized carbons (Fsp3) is 0.238. The minimum Gasteiger partial charge on any atom is -0.397 e. The molecule has 0 unspecified atom stereocenters. The molecule has 0 atom stereocenters. The van der Waals surface area contributed by atoms with Crippen LogP contribution < -0.4 is 11.5 Å². The van der Waals surface area contributed by atoms with Gasteiger partial charge in [0.05, 0.1) is 26.2 Å². The monoisotopic (exact) mass is 475 g/mol. The van der Waals surface area contributed by atoms with Gasteiger partial charge in [0, 0.05) is 50.1 Å². The standard InChI is InChI=1S/C21H22ClN5O4S/c1-13(28)25-6-8-26(9-7-25)21(29)5-3-14-2-4-19(18(10-14)27(30)31)32-20-12-17(24)16(23)11-15(20)22/h2-5,10-12H,6-9,23-24H2,1H3/b5-3+. The molecule has 0 bridgehead atoms. The molecule has 1 saturated heterocycles. The Kier molecular flexibility index (Phi) is 7.26. The highest BCUT2D eigenvalue weighted by Crippen LogP contribution is 2.40. The molecular weight excluding hydrogens is 454 g/mol. The van der Waals surface area contributed by atoms with E-state index in [1.165, 1.54) is 31.2 Å². The largest absolute Gasteiger partial charge is 0.397 e. The van der Waals surface area contributed by atoms with Crippen molar-refractivity contribution in [3.63, 3.8) is 0 Å². The van der Waals surface area contributed by atoms with Gasteiger partial charge in [0.25, 0.3) is 5.69 Å². The Labute approximate surface area is 194 Å². The zero-order valence-corrected chi connectivity index (χ0v) is 18.9. The first-order valence-electron chi connectivity index (χ1n) is 9.69. The topological polar surface area (TPSA) is 136 Å². The van der Waals surface area contributed by atoms with Crippen molar-refractivity contribution in [1.29, 1.82) is 0 Å². The molecule has 1 aliphatic heterocycles. The summed E-state index contributed by atoms with van der Waals surface area (Å²) in [6.07, 6.45) is 2.92. The van der Waals surface area contributed by atoms with Crippen LogP contribution in [-0.2, 0) is 9.59 Å². The van der Waals surface area contributed by atoms with Crippen molar-refractivity contribution >= 4 is 58.3 Å². The molecule has 0 aliphatic carbocycles. The molecule has 0 radical (unpaired) electrons. The maximum Gasteiger partial charge on any atom is 0.283 e. The number of carbonyl (C=O) groups excluding carboxylic acids is 2. The van der Waals surface area contributed by atoms with E-state index in [1.807, 2.05) is 0 Å². The Balaban J connectivity index is 1.75. The number of amides is 2. The molecule has 9 nitrogen and oxygen atoms in total. The molecule has 2 amide bonds. The summed E-state index contributed by atoms with van der Waals surface area (Å²) in [5, 5.41) is 12.0. The number of hydrogen-bond acceptors (Lipinski definition) is 7. The van der Waals surface area contributed by atoms with Gasteiger partial charge in [0.1, 0.15) is 0 Å². The van der Waals surface area contributed by atoms with E-state index >= 15 is 0 Å². The van der Waals surface area contributed by atoms with Gasteiger partial charge in [-0.05, 0) is 29.8 Å². The Morgan fingerprint density at radius 3 is 2.31 bits per heavy atom. The number of nitrogens with two attached hydrogens (primary N) is 2. The first-order valence-corrected chi connectivity index (χ1v) is 10.9. The highest BCUT2D eigenvalue weighted by molar-refractivity contribution is 7.99. The van der Waals surface area contributed by atoms with Crippen molar-refractivity contribution in [2.75, 3.05) is 37.6 Å². The van der Waals surface area contributed by atoms with Gasteiger partial charge < -0.3 is 21.3 Å². The van der Waals surface area contributed by atoms with Crippen LogP contribution in [0.4, 0.5) is 17.1 Å². The summed E-state index contributed by atoms with van der Waals surface area (Å²) in [5.41, 5.74) is 12.6. The van der Waals surface area contributed by atoms with Crippen molar-refractivity contribution in [2.45, 2.75) is 16.7 Å². The van der Waals surface area contributed by atoms with Crippen molar-refractivity contribution in [1.82, 2.24) is 9.80 Å². The first-order chi connectivity index (χ1) is 15.2. The first kappa shape index (κ1) is 23.4. The van der Waals surface area contributed by atoms with E-state index in [-0.39, 0.29) is 17.5 Å². The molecule has 2 aromatic carbocycles. The van der Waals surface area contributed by atoms with Crippen molar-refractivity contribution in [3.05, 3.63) is 57.1 Å². The minimum atomic E-state index is -0.489. The van der Waals surface area contributed by atoms with Gasteiger partial charge in [0.2, 0.25) is 11.8 Å². The third kappa shape index (κ3) is 5.51. The second-order valence-corrected chi connectivity index (χ2v) is 8.65. The van der Waals surface area contributed by atoms with E-state index in [0.29, 0.717) is 57.9 Å². The van der Waals surface area contributed by atoms with Gasteiger partial charge in [-0.2, -0.15) is 0 Å². The average molecular weight is 476 g/mol. The third-order valence-electron chi connectivity index (χ3n) is 4.99. The lowest BCUT2D eigenvalue weighted by Gasteiger charge is -2.33. The summed E-state index contributed by atoms with van der Waals surface area (Å²) < 4.78 is 0. The smallest absolute Gasteiger partial charge is 0.283 e. The van der Waals surface area contributed by atoms with Gasteiger partial charge in [0.15, 0.2) is 0 Å². The van der Waals surface area contributed by atoms with E-state index in [0.717, 1.165) is 11.8 Å². The predicted molar refractivity (Wildman–Crippen MR) is 125 cm³/mol. The molecule has 0 saturated carbocycles. The maximum atomic E-state index is 12.4. The Hall–Kier alpha value is -3.24. The summed E-state index contributed by atoms with van der Waals surface area (Å²) >= 11 is 7.31. The molecule has 3 rings (SSSR count). The number of halogens is 1. The number of piperazine rings is 1. The SMILES string of the molecule is CC(=O)N1CCN(C(=O)/C=C/c2ccc(Sc3cc(N)c(N)cc3Cl)c([N+](=O)[O-])c2)CC1. The Bertz CT molecular complexity index is 1100. The van der Waals surface area contributed by atoms with Crippen LogP contribution in [0.15, 0.2) is 46.2 Å². The van der Waals surface area contributed by atoms with E-state index in [1.54, 1.807) is 28.0 Å². The Morgan fingerprint density at radius 2 is 1.69 bits per heavy atom. The van der Waals surface area contributed by atoms with Gasteiger partial charge in [-0.3, -0.25) is 19.7 Å².